The minimum Gasteiger partial charge on any atom is -0.664 e. The molecule has 0 heterocycles. The standard InChI is InChI=1S/2C7H6O4.Cu/c2*8-7(9)5-3-1-2-4-6(5)11-10;/h2*1-4,10H,(H,8,9);/q;;+2/p-2. The van der Waals surface area contributed by atoms with Crippen LogP contribution in [0, 0.1) is 0 Å². The van der Waals surface area contributed by atoms with Gasteiger partial charge in [0, 0.05) is 0 Å². The summed E-state index contributed by atoms with van der Waals surface area (Å²) in [6.07, 6.45) is 0. The molecule has 0 spiro atoms. The minimum absolute atomic E-state index is 0. The summed E-state index contributed by atoms with van der Waals surface area (Å²) in [4.78, 5) is 27.9. The predicted molar refractivity (Wildman–Crippen MR) is 68.1 cm³/mol. The molecule has 0 aliphatic rings. The molecule has 0 saturated heterocycles. The Balaban J connectivity index is 0.000000403. The summed E-state index contributed by atoms with van der Waals surface area (Å²) in [5.74, 6) is -2.67. The van der Waals surface area contributed by atoms with Gasteiger partial charge in [0.15, 0.2) is 0 Å². The maximum Gasteiger partial charge on any atom is 2.00 e. The molecule has 0 aliphatic heterocycles. The molecule has 9 heteroatoms. The maximum absolute atomic E-state index is 10.4. The predicted octanol–water partition coefficient (Wildman–Crippen LogP) is 0.0753. The van der Waals surface area contributed by atoms with E-state index >= 15 is 0 Å². The average Bonchev–Trinajstić information content (AvgIpc) is 2.55. The van der Waals surface area contributed by atoms with Crippen LogP contribution >= 0.6 is 0 Å². The smallest absolute Gasteiger partial charge is 0.664 e. The van der Waals surface area contributed by atoms with Crippen LogP contribution in [0.2, 0.25) is 0 Å². The molecule has 23 heavy (non-hydrogen) atoms. The fourth-order valence-corrected chi connectivity index (χ4v) is 1.43. The summed E-state index contributed by atoms with van der Waals surface area (Å²) in [6.45, 7) is 0. The molecule has 0 fully saturated rings. The monoisotopic (exact) mass is 369 g/mol. The van der Waals surface area contributed by atoms with Gasteiger partial charge < -0.3 is 30.5 Å². The van der Waals surface area contributed by atoms with Crippen molar-refractivity contribution in [1.29, 1.82) is 0 Å². The molecule has 2 aromatic carbocycles. The van der Waals surface area contributed by atoms with E-state index < -0.39 is 11.9 Å². The number of rotatable bonds is 4. The van der Waals surface area contributed by atoms with Gasteiger partial charge in [-0.1, -0.05) is 24.3 Å². The number of benzene rings is 2. The Morgan fingerprint density at radius 1 is 0.739 bits per heavy atom. The molecular weight excluding hydrogens is 360 g/mol. The van der Waals surface area contributed by atoms with Gasteiger partial charge in [0.1, 0.15) is 22.6 Å². The molecule has 0 aliphatic carbocycles. The molecule has 0 unspecified atom stereocenters. The van der Waals surface area contributed by atoms with Crippen LogP contribution in [0.5, 0.6) is 11.5 Å². The molecule has 2 N–H and O–H groups in total. The van der Waals surface area contributed by atoms with E-state index in [1.807, 2.05) is 0 Å². The van der Waals surface area contributed by atoms with Crippen LogP contribution in [0.25, 0.3) is 0 Å². The van der Waals surface area contributed by atoms with Gasteiger partial charge in [0.2, 0.25) is 0 Å². The molecule has 8 nitrogen and oxygen atoms in total. The third-order valence-corrected chi connectivity index (χ3v) is 2.41. The molecule has 0 saturated carbocycles. The fraction of sp³-hybridized carbons (Fsp3) is 0. The van der Waals surface area contributed by atoms with Crippen molar-refractivity contribution in [2.75, 3.05) is 0 Å². The van der Waals surface area contributed by atoms with E-state index in [2.05, 4.69) is 9.78 Å². The van der Waals surface area contributed by atoms with E-state index in [4.69, 9.17) is 10.2 Å². The first kappa shape index (κ1) is 20.4. The quantitative estimate of drug-likeness (QED) is 0.438. The van der Waals surface area contributed by atoms with Gasteiger partial charge in [-0.25, -0.2) is 9.59 Å². The molecule has 0 amide bonds. The second-order valence-electron chi connectivity index (χ2n) is 3.77. The van der Waals surface area contributed by atoms with Gasteiger partial charge in [-0.2, -0.15) is 0 Å². The molecule has 1 radical (unpaired) electrons. The third kappa shape index (κ3) is 5.97. The third-order valence-electron chi connectivity index (χ3n) is 2.41. The molecule has 125 valence electrons. The van der Waals surface area contributed by atoms with Crippen LogP contribution in [0.3, 0.4) is 0 Å². The van der Waals surface area contributed by atoms with E-state index in [0.717, 1.165) is 0 Å². The van der Waals surface area contributed by atoms with Crippen LogP contribution in [0.1, 0.15) is 20.7 Å². The first-order valence-electron chi connectivity index (χ1n) is 5.75. The van der Waals surface area contributed by atoms with E-state index in [1.54, 1.807) is 0 Å². The number of carbonyl (C=O) groups is 2. The number of hydrogen-bond acceptors (Lipinski definition) is 6. The van der Waals surface area contributed by atoms with Crippen molar-refractivity contribution in [3.05, 3.63) is 59.7 Å². The Bertz CT molecular complexity index is 601. The fourth-order valence-electron chi connectivity index (χ4n) is 1.43. The van der Waals surface area contributed by atoms with Gasteiger partial charge in [-0.3, -0.25) is 0 Å². The number of hydrogen-bond donors (Lipinski definition) is 2. The minimum atomic E-state index is -1.17. The van der Waals surface area contributed by atoms with Crippen molar-refractivity contribution < 1.29 is 57.2 Å². The van der Waals surface area contributed by atoms with Crippen molar-refractivity contribution >= 4 is 11.9 Å². The van der Waals surface area contributed by atoms with Crippen molar-refractivity contribution in [3.8, 4) is 11.5 Å². The molecular formula is C14H10CuO8. The zero-order chi connectivity index (χ0) is 16.5. The van der Waals surface area contributed by atoms with E-state index in [-0.39, 0.29) is 39.7 Å². The molecule has 0 atom stereocenters. The van der Waals surface area contributed by atoms with Crippen LogP contribution in [0.15, 0.2) is 48.5 Å². The second kappa shape index (κ2) is 10.2. The zero-order valence-corrected chi connectivity index (χ0v) is 12.2. The van der Waals surface area contributed by atoms with E-state index in [0.29, 0.717) is 0 Å². The number of carboxylic acid groups (broad SMARTS) is 2. The van der Waals surface area contributed by atoms with Crippen molar-refractivity contribution in [3.63, 3.8) is 0 Å². The Morgan fingerprint density at radius 3 is 1.26 bits per heavy atom. The SMILES string of the molecule is O=C(O)c1ccccc1O[O-].O=C(O)c1ccccc1O[O-].[Cu+2]. The van der Waals surface area contributed by atoms with Crippen LogP contribution in [0.4, 0.5) is 0 Å². The van der Waals surface area contributed by atoms with Crippen LogP contribution in [-0.2, 0) is 17.1 Å². The summed E-state index contributed by atoms with van der Waals surface area (Å²) >= 11 is 0. The summed E-state index contributed by atoms with van der Waals surface area (Å²) < 4.78 is 0. The Kier molecular flexibility index (Phi) is 9.05. The van der Waals surface area contributed by atoms with Crippen LogP contribution < -0.4 is 20.3 Å². The summed E-state index contributed by atoms with van der Waals surface area (Å²) in [7, 11) is 0. The van der Waals surface area contributed by atoms with Crippen molar-refractivity contribution in [2.24, 2.45) is 0 Å². The zero-order valence-electron chi connectivity index (χ0n) is 11.3. The first-order chi connectivity index (χ1) is 10.5. The van der Waals surface area contributed by atoms with E-state index in [1.165, 1.54) is 48.5 Å². The first-order valence-corrected chi connectivity index (χ1v) is 5.75. The Labute approximate surface area is 140 Å². The largest absolute Gasteiger partial charge is 2.00 e. The van der Waals surface area contributed by atoms with Gasteiger partial charge in [0.25, 0.3) is 0 Å². The van der Waals surface area contributed by atoms with Crippen molar-refractivity contribution in [2.45, 2.75) is 0 Å². The Morgan fingerprint density at radius 2 is 1.04 bits per heavy atom. The van der Waals surface area contributed by atoms with Crippen LogP contribution in [-0.4, -0.2) is 22.2 Å². The van der Waals surface area contributed by atoms with Crippen molar-refractivity contribution in [1.82, 2.24) is 0 Å². The van der Waals surface area contributed by atoms with Gasteiger partial charge in [0.05, 0.1) is 0 Å². The second-order valence-corrected chi connectivity index (χ2v) is 3.77. The maximum atomic E-state index is 10.4. The topological polar surface area (TPSA) is 139 Å². The molecule has 2 aromatic rings. The van der Waals surface area contributed by atoms with E-state index in [9.17, 15) is 20.1 Å². The number of aromatic carboxylic acids is 2. The molecule has 2 rings (SSSR count). The van der Waals surface area contributed by atoms with Gasteiger partial charge >= 0.3 is 29.0 Å². The van der Waals surface area contributed by atoms with Gasteiger partial charge in [-0.15, -0.1) is 0 Å². The molecule has 0 bridgehead atoms. The summed E-state index contributed by atoms with van der Waals surface area (Å²) in [6, 6.07) is 11.3. The summed E-state index contributed by atoms with van der Waals surface area (Å²) in [5, 5.41) is 36.7. The summed E-state index contributed by atoms with van der Waals surface area (Å²) in [5.41, 5.74) is -0.245. The van der Waals surface area contributed by atoms with Gasteiger partial charge in [-0.05, 0) is 24.3 Å². The normalized spacial score (nSPS) is 8.78. The molecule has 0 aromatic heterocycles. The number of carboxylic acids is 2. The average molecular weight is 370 g/mol. The Hall–Kier alpha value is -2.58. The number of para-hydroxylation sites is 2.